The number of ketones is 1. The summed E-state index contributed by atoms with van der Waals surface area (Å²) in [6.45, 7) is 4.15. The van der Waals surface area contributed by atoms with Crippen molar-refractivity contribution >= 4 is 23.7 Å². The second-order valence-corrected chi connectivity index (χ2v) is 11.6. The quantitative estimate of drug-likeness (QED) is 0.0523. The van der Waals surface area contributed by atoms with E-state index in [0.29, 0.717) is 19.3 Å². The van der Waals surface area contributed by atoms with Crippen LogP contribution in [0.4, 0.5) is 0 Å². The predicted molar refractivity (Wildman–Crippen MR) is 157 cm³/mol. The van der Waals surface area contributed by atoms with Gasteiger partial charge in [0.05, 0.1) is 6.42 Å². The van der Waals surface area contributed by atoms with Crippen LogP contribution in [-0.4, -0.2) is 49.7 Å². The van der Waals surface area contributed by atoms with Crippen LogP contribution in [0.1, 0.15) is 168 Å². The van der Waals surface area contributed by atoms with E-state index >= 15 is 0 Å². The minimum atomic E-state index is -3.22. The van der Waals surface area contributed by atoms with Gasteiger partial charge in [0.15, 0.2) is 16.8 Å². The molecule has 0 aliphatic rings. The number of Topliss-reactive ketones (excluding diaryl/α,β-unsaturated/α-hetero) is 1. The molecule has 0 rings (SSSR count). The number of carboxylic acids is 3. The summed E-state index contributed by atoms with van der Waals surface area (Å²) < 4.78 is 0. The molecule has 0 bridgehead atoms. The first-order valence-electron chi connectivity index (χ1n) is 16.0. The van der Waals surface area contributed by atoms with Crippen molar-refractivity contribution in [3.05, 3.63) is 0 Å². The van der Waals surface area contributed by atoms with Crippen molar-refractivity contribution in [1.29, 1.82) is 0 Å². The summed E-state index contributed by atoms with van der Waals surface area (Å²) in [5.74, 6) is -6.35. The number of rotatable bonds is 29. The van der Waals surface area contributed by atoms with E-state index in [4.69, 9.17) is 0 Å². The van der Waals surface area contributed by atoms with E-state index in [2.05, 4.69) is 6.92 Å². The highest BCUT2D eigenvalue weighted by atomic mass is 16.4. The van der Waals surface area contributed by atoms with Gasteiger partial charge in [-0.1, -0.05) is 142 Å². The standard InChI is InChI=1S/C32H58O8/c1-3-5-7-8-9-10-11-12-13-14-15-16-17-18-19-20-21-23-25-31(29(36)37,27(33)24-22-6-4-2)32(40,30(38)39)26-28(34)35/h40H,3-26H2,1-2H3,(H,34,35)(H,36,37)(H,38,39). The third-order valence-corrected chi connectivity index (χ3v) is 8.22. The van der Waals surface area contributed by atoms with Crippen LogP contribution in [0.2, 0.25) is 0 Å². The summed E-state index contributed by atoms with van der Waals surface area (Å²) in [4.78, 5) is 48.9. The van der Waals surface area contributed by atoms with Gasteiger partial charge in [-0.05, 0) is 12.8 Å². The highest BCUT2D eigenvalue weighted by Gasteiger charge is 2.65. The number of carboxylic acid groups (broad SMARTS) is 3. The Morgan fingerprint density at radius 3 is 1.18 bits per heavy atom. The number of hydrogen-bond donors (Lipinski definition) is 4. The average Bonchev–Trinajstić information content (AvgIpc) is 2.89. The minimum Gasteiger partial charge on any atom is -0.481 e. The molecule has 0 amide bonds. The average molecular weight is 571 g/mol. The van der Waals surface area contributed by atoms with Gasteiger partial charge in [0.1, 0.15) is 0 Å². The van der Waals surface area contributed by atoms with Gasteiger partial charge in [-0.25, -0.2) is 4.79 Å². The van der Waals surface area contributed by atoms with E-state index in [1.165, 1.54) is 77.0 Å². The SMILES string of the molecule is CCCCCCCCCCCCCCCCCCCCC(C(=O)O)(C(=O)CCCCC)C(O)(CC(=O)O)C(=O)O. The molecule has 2 atom stereocenters. The Balaban J connectivity index is 4.52. The molecule has 0 spiro atoms. The van der Waals surface area contributed by atoms with Crippen LogP contribution < -0.4 is 0 Å². The molecule has 0 heterocycles. The Labute approximate surface area is 242 Å². The van der Waals surface area contributed by atoms with Crippen molar-refractivity contribution in [2.45, 2.75) is 174 Å². The molecule has 0 aliphatic carbocycles. The number of carbonyl (C=O) groups is 4. The van der Waals surface area contributed by atoms with E-state index < -0.39 is 47.5 Å². The number of hydrogen-bond acceptors (Lipinski definition) is 5. The van der Waals surface area contributed by atoms with Gasteiger partial charge in [-0.15, -0.1) is 0 Å². The van der Waals surface area contributed by atoms with Crippen LogP contribution in [0.3, 0.4) is 0 Å². The molecule has 40 heavy (non-hydrogen) atoms. The maximum Gasteiger partial charge on any atom is 0.338 e. The Bertz CT molecular complexity index is 722. The minimum absolute atomic E-state index is 0.214. The van der Waals surface area contributed by atoms with Gasteiger partial charge in [0.25, 0.3) is 0 Å². The van der Waals surface area contributed by atoms with Gasteiger partial charge >= 0.3 is 17.9 Å². The van der Waals surface area contributed by atoms with Gasteiger partial charge in [-0.2, -0.15) is 0 Å². The Hall–Kier alpha value is -1.96. The van der Waals surface area contributed by atoms with E-state index in [-0.39, 0.29) is 12.8 Å². The van der Waals surface area contributed by atoms with Gasteiger partial charge in [-0.3, -0.25) is 14.4 Å². The molecule has 0 aliphatic heterocycles. The van der Waals surface area contributed by atoms with Gasteiger partial charge in [0, 0.05) is 6.42 Å². The maximum atomic E-state index is 13.1. The first-order valence-corrected chi connectivity index (χ1v) is 16.0. The smallest absolute Gasteiger partial charge is 0.338 e. The molecule has 0 aromatic carbocycles. The fraction of sp³-hybridized carbons (Fsp3) is 0.875. The molecule has 0 aromatic rings. The summed E-state index contributed by atoms with van der Waals surface area (Å²) in [5.41, 5.74) is -5.91. The van der Waals surface area contributed by atoms with E-state index in [1.54, 1.807) is 0 Å². The van der Waals surface area contributed by atoms with Crippen molar-refractivity contribution in [1.82, 2.24) is 0 Å². The van der Waals surface area contributed by atoms with Crippen LogP contribution in [0.5, 0.6) is 0 Å². The van der Waals surface area contributed by atoms with E-state index in [9.17, 15) is 39.6 Å². The molecular weight excluding hydrogens is 512 g/mol. The van der Waals surface area contributed by atoms with Crippen LogP contribution >= 0.6 is 0 Å². The first-order chi connectivity index (χ1) is 19.1. The molecule has 2 unspecified atom stereocenters. The lowest BCUT2D eigenvalue weighted by Crippen LogP contribution is -2.63. The third kappa shape index (κ3) is 14.1. The van der Waals surface area contributed by atoms with Gasteiger partial charge < -0.3 is 20.4 Å². The van der Waals surface area contributed by atoms with Crippen molar-refractivity contribution in [2.75, 3.05) is 0 Å². The zero-order valence-corrected chi connectivity index (χ0v) is 25.4. The Kier molecular flexibility index (Phi) is 21.6. The second kappa shape index (κ2) is 22.7. The van der Waals surface area contributed by atoms with Crippen LogP contribution in [0.15, 0.2) is 0 Å². The lowest BCUT2D eigenvalue weighted by atomic mass is 9.63. The second-order valence-electron chi connectivity index (χ2n) is 11.6. The first kappa shape index (κ1) is 38.0. The van der Waals surface area contributed by atoms with Crippen LogP contribution in [0.25, 0.3) is 0 Å². The molecule has 0 saturated carbocycles. The summed E-state index contributed by atoms with van der Waals surface area (Å²) in [6.07, 6.45) is 20.4. The summed E-state index contributed by atoms with van der Waals surface area (Å²) in [7, 11) is 0. The van der Waals surface area contributed by atoms with E-state index in [1.807, 2.05) is 6.92 Å². The Morgan fingerprint density at radius 1 is 0.500 bits per heavy atom. The Morgan fingerprint density at radius 2 is 0.850 bits per heavy atom. The zero-order valence-electron chi connectivity index (χ0n) is 25.4. The topological polar surface area (TPSA) is 149 Å². The summed E-state index contributed by atoms with van der Waals surface area (Å²) in [5, 5.41) is 39.9. The highest BCUT2D eigenvalue weighted by molar-refractivity contribution is 6.09. The fourth-order valence-electron chi connectivity index (χ4n) is 5.65. The normalized spacial score (nSPS) is 14.4. The number of aliphatic hydroxyl groups is 1. The summed E-state index contributed by atoms with van der Waals surface area (Å²) in [6, 6.07) is 0. The number of unbranched alkanes of at least 4 members (excludes halogenated alkanes) is 19. The molecule has 234 valence electrons. The van der Waals surface area contributed by atoms with Gasteiger partial charge in [0.2, 0.25) is 0 Å². The highest BCUT2D eigenvalue weighted by Crippen LogP contribution is 2.43. The summed E-state index contributed by atoms with van der Waals surface area (Å²) >= 11 is 0. The van der Waals surface area contributed by atoms with Crippen molar-refractivity contribution in [3.8, 4) is 0 Å². The number of carbonyl (C=O) groups excluding carboxylic acids is 1. The van der Waals surface area contributed by atoms with E-state index in [0.717, 1.165) is 32.1 Å². The largest absolute Gasteiger partial charge is 0.481 e. The van der Waals surface area contributed by atoms with Crippen molar-refractivity contribution in [2.24, 2.45) is 5.41 Å². The maximum absolute atomic E-state index is 13.1. The molecule has 0 saturated heterocycles. The van der Waals surface area contributed by atoms with Crippen molar-refractivity contribution in [3.63, 3.8) is 0 Å². The molecule has 8 nitrogen and oxygen atoms in total. The molecule has 8 heteroatoms. The van der Waals surface area contributed by atoms with Crippen LogP contribution in [0, 0.1) is 5.41 Å². The van der Waals surface area contributed by atoms with Crippen molar-refractivity contribution < 1.29 is 39.6 Å². The molecule has 4 N–H and O–H groups in total. The molecule has 0 aromatic heterocycles. The van der Waals surface area contributed by atoms with Crippen LogP contribution in [-0.2, 0) is 19.2 Å². The molecule has 0 radical (unpaired) electrons. The lowest BCUT2D eigenvalue weighted by molar-refractivity contribution is -0.196. The number of aliphatic carboxylic acids is 3. The zero-order chi connectivity index (χ0) is 30.3. The lowest BCUT2D eigenvalue weighted by Gasteiger charge is -2.39. The molecular formula is C32H58O8. The monoisotopic (exact) mass is 570 g/mol. The molecule has 0 fully saturated rings. The predicted octanol–water partition coefficient (Wildman–Crippen LogP) is 7.93. The third-order valence-electron chi connectivity index (χ3n) is 8.22. The fourth-order valence-corrected chi connectivity index (χ4v) is 5.65.